The van der Waals surface area contributed by atoms with E-state index < -0.39 is 25.9 Å². The van der Waals surface area contributed by atoms with Crippen molar-refractivity contribution in [3.05, 3.63) is 18.2 Å². The van der Waals surface area contributed by atoms with Crippen LogP contribution in [0.25, 0.3) is 11.1 Å². The van der Waals surface area contributed by atoms with Crippen molar-refractivity contribution in [1.82, 2.24) is 4.98 Å². The number of benzene rings is 1. The van der Waals surface area contributed by atoms with E-state index in [0.29, 0.717) is 16.8 Å². The average molecular weight is 316 g/mol. The second-order valence-corrected chi connectivity index (χ2v) is 8.80. The summed E-state index contributed by atoms with van der Waals surface area (Å²) in [6, 6.07) is 4.91. The molecular weight excluding hydrogens is 300 g/mol. The topological polar surface area (TPSA) is 103 Å². The maximum atomic E-state index is 12.0. The Balaban J connectivity index is 2.16. The number of hydrogen-bond acceptors (Lipinski definition) is 6. The van der Waals surface area contributed by atoms with Crippen LogP contribution in [0, 0.1) is 0 Å². The first-order valence-electron chi connectivity index (χ1n) is 6.05. The van der Waals surface area contributed by atoms with Crippen molar-refractivity contribution in [3.63, 3.8) is 0 Å². The molecule has 0 aliphatic heterocycles. The van der Waals surface area contributed by atoms with Gasteiger partial charge in [-0.05, 0) is 32.0 Å². The van der Waals surface area contributed by atoms with Crippen LogP contribution in [0.5, 0.6) is 0 Å². The first kappa shape index (κ1) is 15.0. The van der Waals surface area contributed by atoms with Crippen molar-refractivity contribution in [1.29, 1.82) is 0 Å². The lowest BCUT2D eigenvalue weighted by Gasteiger charge is -2.05. The summed E-state index contributed by atoms with van der Waals surface area (Å²) in [5, 5.41) is -0.451. The summed E-state index contributed by atoms with van der Waals surface area (Å²) in [6.07, 6.45) is 0. The maximum Gasteiger partial charge on any atom is 0.287 e. The van der Waals surface area contributed by atoms with Crippen molar-refractivity contribution in [2.24, 2.45) is 0 Å². The number of nitrogen functional groups attached to an aromatic ring is 1. The van der Waals surface area contributed by atoms with E-state index in [0.717, 1.165) is 0 Å². The third kappa shape index (κ3) is 3.18. The molecule has 2 rings (SSSR count). The highest BCUT2D eigenvalue weighted by atomic mass is 32.2. The van der Waals surface area contributed by atoms with E-state index in [2.05, 4.69) is 4.98 Å². The number of anilines is 1. The molecule has 1 heterocycles. The van der Waals surface area contributed by atoms with Crippen LogP contribution in [0.1, 0.15) is 13.8 Å². The molecule has 2 aromatic rings. The summed E-state index contributed by atoms with van der Waals surface area (Å²) in [5.74, 6) is -0.180. The van der Waals surface area contributed by atoms with E-state index in [9.17, 15) is 12.6 Å². The maximum absolute atomic E-state index is 12.0. The zero-order valence-corrected chi connectivity index (χ0v) is 12.8. The molecule has 0 spiro atoms. The number of sulfone groups is 1. The first-order valence-corrected chi connectivity index (χ1v) is 9.09. The van der Waals surface area contributed by atoms with Gasteiger partial charge in [-0.3, -0.25) is 0 Å². The lowest BCUT2D eigenvalue weighted by molar-refractivity contribution is 0.478. The van der Waals surface area contributed by atoms with Crippen LogP contribution >= 0.6 is 0 Å². The standard InChI is InChI=1S/C12H16N2O4S2/c1-8(2)20(16,17)6-5-19(15)12-14-10-7-9(13)3-4-11(10)18-12/h3-4,7-8H,5-6,13H2,1-2H3. The Labute approximate surface area is 119 Å². The van der Waals surface area contributed by atoms with Gasteiger partial charge in [-0.1, -0.05) is 0 Å². The van der Waals surface area contributed by atoms with Gasteiger partial charge in [0.05, 0.1) is 11.0 Å². The minimum atomic E-state index is -3.22. The number of rotatable bonds is 5. The fraction of sp³-hybridized carbons (Fsp3) is 0.417. The summed E-state index contributed by atoms with van der Waals surface area (Å²) in [6.45, 7) is 3.20. The monoisotopic (exact) mass is 316 g/mol. The van der Waals surface area contributed by atoms with E-state index in [-0.39, 0.29) is 16.7 Å². The molecular formula is C12H16N2O4S2. The van der Waals surface area contributed by atoms with Gasteiger partial charge in [-0.2, -0.15) is 0 Å². The molecule has 1 aromatic carbocycles. The van der Waals surface area contributed by atoms with Crippen LogP contribution in [0.4, 0.5) is 5.69 Å². The van der Waals surface area contributed by atoms with Gasteiger partial charge in [-0.15, -0.1) is 0 Å². The van der Waals surface area contributed by atoms with Gasteiger partial charge in [0.2, 0.25) is 0 Å². The predicted molar refractivity (Wildman–Crippen MR) is 78.6 cm³/mol. The summed E-state index contributed by atoms with van der Waals surface area (Å²) in [4.78, 5) is 4.08. The highest BCUT2D eigenvalue weighted by Gasteiger charge is 2.20. The van der Waals surface area contributed by atoms with E-state index in [1.165, 1.54) is 0 Å². The highest BCUT2D eigenvalue weighted by Crippen LogP contribution is 2.20. The minimum Gasteiger partial charge on any atom is -0.430 e. The third-order valence-corrected chi connectivity index (χ3v) is 6.47. The van der Waals surface area contributed by atoms with Crippen LogP contribution in [0.2, 0.25) is 0 Å². The van der Waals surface area contributed by atoms with Crippen molar-refractivity contribution in [2.45, 2.75) is 24.3 Å². The van der Waals surface area contributed by atoms with E-state index in [1.807, 2.05) is 0 Å². The van der Waals surface area contributed by atoms with Gasteiger partial charge in [-0.25, -0.2) is 17.6 Å². The van der Waals surface area contributed by atoms with Crippen LogP contribution in [-0.4, -0.2) is 34.4 Å². The summed E-state index contributed by atoms with van der Waals surface area (Å²) >= 11 is 0. The SMILES string of the molecule is CC(C)S(=O)(=O)CCS(=O)c1nc2cc(N)ccc2o1. The molecule has 8 heteroatoms. The summed E-state index contributed by atoms with van der Waals surface area (Å²) in [5.41, 5.74) is 7.15. The largest absolute Gasteiger partial charge is 0.430 e. The van der Waals surface area contributed by atoms with Gasteiger partial charge >= 0.3 is 0 Å². The van der Waals surface area contributed by atoms with Crippen LogP contribution in [0.3, 0.4) is 0 Å². The molecule has 6 nitrogen and oxygen atoms in total. The highest BCUT2D eigenvalue weighted by molar-refractivity contribution is 7.93. The molecule has 0 saturated carbocycles. The van der Waals surface area contributed by atoms with Crippen molar-refractivity contribution < 1.29 is 17.0 Å². The van der Waals surface area contributed by atoms with Crippen LogP contribution in [-0.2, 0) is 20.6 Å². The molecule has 1 atom stereocenters. The van der Waals surface area contributed by atoms with Crippen molar-refractivity contribution in [2.75, 3.05) is 17.2 Å². The van der Waals surface area contributed by atoms with Gasteiger partial charge in [0.1, 0.15) is 16.3 Å². The Morgan fingerprint density at radius 2 is 2.10 bits per heavy atom. The number of nitrogens with zero attached hydrogens (tertiary/aromatic N) is 1. The fourth-order valence-electron chi connectivity index (χ4n) is 1.54. The Kier molecular flexibility index (Phi) is 4.14. The van der Waals surface area contributed by atoms with E-state index in [1.54, 1.807) is 32.0 Å². The molecule has 0 aliphatic carbocycles. The molecule has 0 fully saturated rings. The third-order valence-electron chi connectivity index (χ3n) is 2.86. The number of fused-ring (bicyclic) bond motifs is 1. The molecule has 2 N–H and O–H groups in total. The predicted octanol–water partition coefficient (Wildman–Crippen LogP) is 1.34. The number of oxazole rings is 1. The van der Waals surface area contributed by atoms with E-state index in [4.69, 9.17) is 10.2 Å². The average Bonchev–Trinajstić information content (AvgIpc) is 2.78. The fourth-order valence-corrected chi connectivity index (χ4v) is 4.10. The van der Waals surface area contributed by atoms with Gasteiger partial charge in [0.15, 0.2) is 15.4 Å². The molecule has 20 heavy (non-hydrogen) atoms. The normalized spacial score (nSPS) is 13.9. The summed E-state index contributed by atoms with van der Waals surface area (Å²) < 4.78 is 40.7. The molecule has 0 aliphatic rings. The second kappa shape index (κ2) is 5.53. The molecule has 1 aromatic heterocycles. The second-order valence-electron chi connectivity index (χ2n) is 4.67. The van der Waals surface area contributed by atoms with Crippen molar-refractivity contribution in [3.8, 4) is 0 Å². The number of nitrogens with two attached hydrogens (primary N) is 1. The lowest BCUT2D eigenvalue weighted by atomic mass is 10.3. The smallest absolute Gasteiger partial charge is 0.287 e. The number of hydrogen-bond donors (Lipinski definition) is 1. The van der Waals surface area contributed by atoms with Crippen molar-refractivity contribution >= 4 is 37.4 Å². The van der Waals surface area contributed by atoms with Crippen LogP contribution < -0.4 is 5.73 Å². The van der Waals surface area contributed by atoms with E-state index >= 15 is 0 Å². The Bertz CT molecular complexity index is 750. The Morgan fingerprint density at radius 3 is 2.75 bits per heavy atom. The molecule has 0 saturated heterocycles. The van der Waals surface area contributed by atoms with Gasteiger partial charge < -0.3 is 10.2 Å². The minimum absolute atomic E-state index is 0.0250. The molecule has 1 unspecified atom stereocenters. The lowest BCUT2D eigenvalue weighted by Crippen LogP contribution is -2.21. The zero-order chi connectivity index (χ0) is 14.9. The molecule has 0 bridgehead atoms. The molecule has 0 amide bonds. The van der Waals surface area contributed by atoms with Gasteiger partial charge in [0, 0.05) is 11.4 Å². The first-order chi connectivity index (χ1) is 9.29. The summed E-state index contributed by atoms with van der Waals surface area (Å²) in [7, 11) is -4.80. The number of aromatic nitrogens is 1. The molecule has 110 valence electrons. The Morgan fingerprint density at radius 1 is 1.40 bits per heavy atom. The quantitative estimate of drug-likeness (QED) is 0.835. The Hall–Kier alpha value is -1.41. The zero-order valence-electron chi connectivity index (χ0n) is 11.2. The molecule has 0 radical (unpaired) electrons. The van der Waals surface area contributed by atoms with Gasteiger partial charge in [0.25, 0.3) is 5.22 Å². The van der Waals surface area contributed by atoms with Crippen LogP contribution in [0.15, 0.2) is 27.8 Å².